The molecule has 0 heterocycles. The predicted octanol–water partition coefficient (Wildman–Crippen LogP) is 3.18. The molecule has 0 saturated carbocycles. The number of benzene rings is 2. The molecule has 3 N–H and O–H groups in total. The monoisotopic (exact) mass is 274 g/mol. The SMILES string of the molecule is CC(Nc1ccc([N+](=O)[O-])cc1)c1cc(O)cc(O)c1. The molecule has 2 rings (SSSR count). The second-order valence-corrected chi connectivity index (χ2v) is 4.45. The Morgan fingerprint density at radius 2 is 1.65 bits per heavy atom. The van der Waals surface area contributed by atoms with Crippen LogP contribution in [0.25, 0.3) is 0 Å². The van der Waals surface area contributed by atoms with Gasteiger partial charge in [0, 0.05) is 29.9 Å². The Kier molecular flexibility index (Phi) is 3.74. The molecule has 6 nitrogen and oxygen atoms in total. The number of anilines is 1. The fourth-order valence-electron chi connectivity index (χ4n) is 1.88. The fraction of sp³-hybridized carbons (Fsp3) is 0.143. The van der Waals surface area contributed by atoms with Gasteiger partial charge in [-0.05, 0) is 36.8 Å². The van der Waals surface area contributed by atoms with Crippen LogP contribution in [0.1, 0.15) is 18.5 Å². The maximum absolute atomic E-state index is 10.6. The van der Waals surface area contributed by atoms with Crippen molar-refractivity contribution in [1.82, 2.24) is 0 Å². The standard InChI is InChI=1S/C14H14N2O4/c1-9(10-6-13(17)8-14(18)7-10)15-11-2-4-12(5-3-11)16(19)20/h2-9,15,17-18H,1H3. The second-order valence-electron chi connectivity index (χ2n) is 4.45. The van der Waals surface area contributed by atoms with Gasteiger partial charge in [0.2, 0.25) is 0 Å². The molecule has 0 amide bonds. The Balaban J connectivity index is 2.14. The van der Waals surface area contributed by atoms with E-state index in [2.05, 4.69) is 5.32 Å². The molecule has 0 aliphatic rings. The lowest BCUT2D eigenvalue weighted by Gasteiger charge is -2.16. The van der Waals surface area contributed by atoms with Crippen molar-refractivity contribution in [2.24, 2.45) is 0 Å². The Hall–Kier alpha value is -2.76. The number of phenols is 2. The minimum absolute atomic E-state index is 0.0163. The lowest BCUT2D eigenvalue weighted by atomic mass is 10.1. The van der Waals surface area contributed by atoms with Gasteiger partial charge in [0.1, 0.15) is 11.5 Å². The van der Waals surface area contributed by atoms with Gasteiger partial charge in [-0.2, -0.15) is 0 Å². The van der Waals surface area contributed by atoms with Gasteiger partial charge >= 0.3 is 0 Å². The van der Waals surface area contributed by atoms with Crippen LogP contribution in [0.3, 0.4) is 0 Å². The van der Waals surface area contributed by atoms with Crippen LogP contribution in [-0.4, -0.2) is 15.1 Å². The Morgan fingerprint density at radius 1 is 1.10 bits per heavy atom. The highest BCUT2D eigenvalue weighted by Gasteiger charge is 2.09. The predicted molar refractivity (Wildman–Crippen MR) is 74.9 cm³/mol. The summed E-state index contributed by atoms with van der Waals surface area (Å²) in [6.07, 6.45) is 0. The quantitative estimate of drug-likeness (QED) is 0.587. The van der Waals surface area contributed by atoms with Crippen molar-refractivity contribution in [3.8, 4) is 11.5 Å². The van der Waals surface area contributed by atoms with Gasteiger partial charge in [0.15, 0.2) is 0 Å². The van der Waals surface area contributed by atoms with Crippen molar-refractivity contribution < 1.29 is 15.1 Å². The van der Waals surface area contributed by atoms with Gasteiger partial charge in [-0.15, -0.1) is 0 Å². The largest absolute Gasteiger partial charge is 0.508 e. The average molecular weight is 274 g/mol. The summed E-state index contributed by atoms with van der Waals surface area (Å²) in [4.78, 5) is 10.1. The van der Waals surface area contributed by atoms with Crippen LogP contribution in [0.5, 0.6) is 11.5 Å². The number of nitro groups is 1. The van der Waals surface area contributed by atoms with Gasteiger partial charge in [0.05, 0.1) is 4.92 Å². The highest BCUT2D eigenvalue weighted by molar-refractivity contribution is 5.50. The van der Waals surface area contributed by atoms with E-state index >= 15 is 0 Å². The molecule has 0 aliphatic heterocycles. The minimum atomic E-state index is -0.458. The van der Waals surface area contributed by atoms with Gasteiger partial charge in [0.25, 0.3) is 5.69 Å². The number of aromatic hydroxyl groups is 2. The van der Waals surface area contributed by atoms with Crippen molar-refractivity contribution in [3.05, 3.63) is 58.1 Å². The first-order valence-corrected chi connectivity index (χ1v) is 5.99. The Bertz CT molecular complexity index is 605. The van der Waals surface area contributed by atoms with Gasteiger partial charge in [-0.1, -0.05) is 0 Å². The summed E-state index contributed by atoms with van der Waals surface area (Å²) < 4.78 is 0. The molecule has 104 valence electrons. The molecule has 0 spiro atoms. The maximum atomic E-state index is 10.6. The molecule has 0 aromatic heterocycles. The first-order valence-electron chi connectivity index (χ1n) is 5.99. The zero-order valence-electron chi connectivity index (χ0n) is 10.8. The first-order chi connectivity index (χ1) is 9.45. The summed E-state index contributed by atoms with van der Waals surface area (Å²) in [5.41, 5.74) is 1.45. The third kappa shape index (κ3) is 3.17. The molecule has 20 heavy (non-hydrogen) atoms. The first kappa shape index (κ1) is 13.7. The molecule has 2 aromatic rings. The Labute approximate surface area is 115 Å². The van der Waals surface area contributed by atoms with E-state index in [1.165, 1.54) is 18.2 Å². The highest BCUT2D eigenvalue weighted by atomic mass is 16.6. The average Bonchev–Trinajstić information content (AvgIpc) is 2.38. The van der Waals surface area contributed by atoms with Crippen LogP contribution in [0.15, 0.2) is 42.5 Å². The van der Waals surface area contributed by atoms with Crippen molar-refractivity contribution in [1.29, 1.82) is 0 Å². The number of hydrogen-bond donors (Lipinski definition) is 3. The van der Waals surface area contributed by atoms with Crippen LogP contribution >= 0.6 is 0 Å². The maximum Gasteiger partial charge on any atom is 0.269 e. The van der Waals surface area contributed by atoms with Crippen LogP contribution in [-0.2, 0) is 0 Å². The van der Waals surface area contributed by atoms with Gasteiger partial charge in [-0.25, -0.2) is 0 Å². The lowest BCUT2D eigenvalue weighted by molar-refractivity contribution is -0.384. The van der Waals surface area contributed by atoms with E-state index in [-0.39, 0.29) is 23.2 Å². The summed E-state index contributed by atoms with van der Waals surface area (Å²) in [5, 5.41) is 32.6. The number of rotatable bonds is 4. The minimum Gasteiger partial charge on any atom is -0.508 e. The summed E-state index contributed by atoms with van der Waals surface area (Å²) >= 11 is 0. The summed E-state index contributed by atoms with van der Waals surface area (Å²) in [5.74, 6) is -0.0327. The second kappa shape index (κ2) is 5.48. The molecular formula is C14H14N2O4. The number of nitrogens with one attached hydrogen (secondary N) is 1. The molecule has 0 aliphatic carbocycles. The van der Waals surface area contributed by atoms with E-state index < -0.39 is 4.92 Å². The molecule has 6 heteroatoms. The normalized spacial score (nSPS) is 11.8. The molecule has 0 bridgehead atoms. The molecule has 0 saturated heterocycles. The van der Waals surface area contributed by atoms with Crippen molar-refractivity contribution >= 4 is 11.4 Å². The van der Waals surface area contributed by atoms with Gasteiger partial charge in [-0.3, -0.25) is 10.1 Å². The number of nitro benzene ring substituents is 1. The summed E-state index contributed by atoms with van der Waals surface area (Å²) in [6, 6.07) is 10.2. The summed E-state index contributed by atoms with van der Waals surface area (Å²) in [6.45, 7) is 1.86. The number of hydrogen-bond acceptors (Lipinski definition) is 5. The molecule has 1 unspecified atom stereocenters. The van der Waals surface area contributed by atoms with Gasteiger partial charge < -0.3 is 15.5 Å². The topological polar surface area (TPSA) is 95.6 Å². The molecule has 2 aromatic carbocycles. The van der Waals surface area contributed by atoms with E-state index in [1.54, 1.807) is 24.3 Å². The smallest absolute Gasteiger partial charge is 0.269 e. The zero-order valence-corrected chi connectivity index (χ0v) is 10.8. The third-order valence-electron chi connectivity index (χ3n) is 2.89. The van der Waals surface area contributed by atoms with Crippen molar-refractivity contribution in [2.75, 3.05) is 5.32 Å². The molecule has 1 atom stereocenters. The molecule has 0 fully saturated rings. The number of nitrogens with zero attached hydrogens (tertiary/aromatic N) is 1. The molecular weight excluding hydrogens is 260 g/mol. The van der Waals surface area contributed by atoms with Crippen LogP contribution in [0, 0.1) is 10.1 Å². The fourth-order valence-corrected chi connectivity index (χ4v) is 1.88. The number of non-ortho nitro benzene ring substituents is 1. The van der Waals surface area contributed by atoms with E-state index in [0.717, 1.165) is 0 Å². The van der Waals surface area contributed by atoms with Crippen molar-refractivity contribution in [2.45, 2.75) is 13.0 Å². The lowest BCUT2D eigenvalue weighted by Crippen LogP contribution is -2.06. The van der Waals surface area contributed by atoms with E-state index in [4.69, 9.17) is 0 Å². The highest BCUT2D eigenvalue weighted by Crippen LogP contribution is 2.27. The van der Waals surface area contributed by atoms with E-state index in [0.29, 0.717) is 11.3 Å². The van der Waals surface area contributed by atoms with E-state index in [9.17, 15) is 20.3 Å². The Morgan fingerprint density at radius 3 is 2.15 bits per heavy atom. The van der Waals surface area contributed by atoms with Crippen LogP contribution in [0.2, 0.25) is 0 Å². The van der Waals surface area contributed by atoms with Crippen molar-refractivity contribution in [3.63, 3.8) is 0 Å². The summed E-state index contributed by atoms with van der Waals surface area (Å²) in [7, 11) is 0. The van der Waals surface area contributed by atoms with Crippen LogP contribution < -0.4 is 5.32 Å². The van der Waals surface area contributed by atoms with Crippen LogP contribution in [0.4, 0.5) is 11.4 Å². The zero-order chi connectivity index (χ0) is 14.7. The van der Waals surface area contributed by atoms with E-state index in [1.807, 2.05) is 6.92 Å². The number of phenolic OH excluding ortho intramolecular Hbond substituents is 2. The third-order valence-corrected chi connectivity index (χ3v) is 2.89. The molecule has 0 radical (unpaired) electrons.